The molecule has 2 aromatic carbocycles. The van der Waals surface area contributed by atoms with Crippen molar-refractivity contribution >= 4 is 17.5 Å². The van der Waals surface area contributed by atoms with E-state index in [4.69, 9.17) is 4.74 Å². The van der Waals surface area contributed by atoms with Gasteiger partial charge in [-0.05, 0) is 74.2 Å². The van der Waals surface area contributed by atoms with Crippen LogP contribution in [0.4, 0.5) is 5.69 Å². The van der Waals surface area contributed by atoms with Crippen molar-refractivity contribution in [2.24, 2.45) is 5.92 Å². The number of benzene rings is 2. The molecule has 142 valence electrons. The van der Waals surface area contributed by atoms with E-state index in [0.29, 0.717) is 29.3 Å². The number of hydrogen-bond acceptors (Lipinski definition) is 3. The Morgan fingerprint density at radius 3 is 2.19 bits per heavy atom. The van der Waals surface area contributed by atoms with Gasteiger partial charge in [-0.25, -0.2) is 0 Å². The monoisotopic (exact) mass is 366 g/mol. The van der Waals surface area contributed by atoms with Crippen LogP contribution in [0.25, 0.3) is 0 Å². The van der Waals surface area contributed by atoms with Gasteiger partial charge >= 0.3 is 0 Å². The van der Waals surface area contributed by atoms with Gasteiger partial charge in [-0.15, -0.1) is 0 Å². The van der Waals surface area contributed by atoms with E-state index in [2.05, 4.69) is 12.2 Å². The van der Waals surface area contributed by atoms with Gasteiger partial charge in [0, 0.05) is 29.9 Å². The fraction of sp³-hybridized carbons (Fsp3) is 0.364. The highest BCUT2D eigenvalue weighted by Crippen LogP contribution is 2.19. The summed E-state index contributed by atoms with van der Waals surface area (Å²) in [4.78, 5) is 26.8. The molecule has 5 nitrogen and oxygen atoms in total. The summed E-state index contributed by atoms with van der Waals surface area (Å²) in [6.07, 6.45) is 2.12. The van der Waals surface area contributed by atoms with E-state index >= 15 is 0 Å². The molecular formula is C22H26N2O3. The normalized spacial score (nSPS) is 14.7. The molecule has 27 heavy (non-hydrogen) atoms. The smallest absolute Gasteiger partial charge is 0.255 e. The van der Waals surface area contributed by atoms with Gasteiger partial charge in [0.2, 0.25) is 0 Å². The molecular weight excluding hydrogens is 340 g/mol. The number of carbonyl (C=O) groups is 2. The maximum absolute atomic E-state index is 12.6. The van der Waals surface area contributed by atoms with E-state index in [-0.39, 0.29) is 11.8 Å². The number of nitrogens with one attached hydrogen (secondary N) is 1. The second-order valence-corrected chi connectivity index (χ2v) is 6.96. The van der Waals surface area contributed by atoms with Crippen LogP contribution >= 0.6 is 0 Å². The van der Waals surface area contributed by atoms with E-state index in [1.807, 2.05) is 11.8 Å². The van der Waals surface area contributed by atoms with Gasteiger partial charge in [-0.2, -0.15) is 0 Å². The maximum Gasteiger partial charge on any atom is 0.255 e. The largest absolute Gasteiger partial charge is 0.494 e. The Hall–Kier alpha value is -2.82. The van der Waals surface area contributed by atoms with Crippen molar-refractivity contribution in [2.75, 3.05) is 25.0 Å². The molecule has 1 saturated heterocycles. The van der Waals surface area contributed by atoms with Gasteiger partial charge in [0.15, 0.2) is 0 Å². The van der Waals surface area contributed by atoms with Crippen molar-refractivity contribution in [1.29, 1.82) is 0 Å². The minimum absolute atomic E-state index is 0.0614. The van der Waals surface area contributed by atoms with Crippen LogP contribution < -0.4 is 10.1 Å². The molecule has 0 atom stereocenters. The Balaban J connectivity index is 1.60. The molecule has 1 N–H and O–H groups in total. The number of ether oxygens (including phenoxy) is 1. The first kappa shape index (κ1) is 19.0. The summed E-state index contributed by atoms with van der Waals surface area (Å²) >= 11 is 0. The summed E-state index contributed by atoms with van der Waals surface area (Å²) in [5, 5.41) is 2.86. The van der Waals surface area contributed by atoms with Crippen molar-refractivity contribution in [3.63, 3.8) is 0 Å². The Kier molecular flexibility index (Phi) is 6.12. The molecule has 0 spiro atoms. The molecule has 0 bridgehead atoms. The first-order chi connectivity index (χ1) is 13.1. The van der Waals surface area contributed by atoms with Crippen LogP contribution in [0.2, 0.25) is 0 Å². The highest BCUT2D eigenvalue weighted by molar-refractivity contribution is 6.04. The zero-order valence-corrected chi connectivity index (χ0v) is 15.9. The number of anilines is 1. The molecule has 5 heteroatoms. The van der Waals surface area contributed by atoms with E-state index in [1.165, 1.54) is 0 Å². The number of likely N-dealkylation sites (tertiary alicyclic amines) is 1. The van der Waals surface area contributed by atoms with E-state index in [0.717, 1.165) is 31.7 Å². The van der Waals surface area contributed by atoms with Gasteiger partial charge in [-0.3, -0.25) is 9.59 Å². The van der Waals surface area contributed by atoms with Crippen LogP contribution in [0.5, 0.6) is 5.75 Å². The van der Waals surface area contributed by atoms with Crippen molar-refractivity contribution in [3.05, 3.63) is 59.7 Å². The molecule has 2 amide bonds. The lowest BCUT2D eigenvalue weighted by atomic mass is 9.98. The van der Waals surface area contributed by atoms with Crippen molar-refractivity contribution in [2.45, 2.75) is 26.7 Å². The second kappa shape index (κ2) is 8.71. The highest BCUT2D eigenvalue weighted by atomic mass is 16.5. The summed E-state index contributed by atoms with van der Waals surface area (Å²) in [6, 6.07) is 14.1. The van der Waals surface area contributed by atoms with Gasteiger partial charge in [0.25, 0.3) is 11.8 Å². The summed E-state index contributed by atoms with van der Waals surface area (Å²) in [5.74, 6) is 1.30. The van der Waals surface area contributed by atoms with E-state index in [1.54, 1.807) is 48.5 Å². The molecule has 1 aliphatic rings. The Morgan fingerprint density at radius 1 is 1.00 bits per heavy atom. The third kappa shape index (κ3) is 4.88. The maximum atomic E-state index is 12.6. The van der Waals surface area contributed by atoms with Gasteiger partial charge in [-0.1, -0.05) is 6.92 Å². The zero-order valence-electron chi connectivity index (χ0n) is 15.9. The van der Waals surface area contributed by atoms with Crippen LogP contribution in [-0.4, -0.2) is 36.4 Å². The van der Waals surface area contributed by atoms with Crippen LogP contribution in [-0.2, 0) is 0 Å². The summed E-state index contributed by atoms with van der Waals surface area (Å²) in [5.41, 5.74) is 1.88. The van der Waals surface area contributed by atoms with Gasteiger partial charge in [0.1, 0.15) is 5.75 Å². The Bertz CT molecular complexity index is 776. The van der Waals surface area contributed by atoms with Gasteiger partial charge in [0.05, 0.1) is 6.61 Å². The lowest BCUT2D eigenvalue weighted by molar-refractivity contribution is 0.0697. The van der Waals surface area contributed by atoms with Gasteiger partial charge < -0.3 is 15.0 Å². The molecule has 0 saturated carbocycles. The fourth-order valence-electron chi connectivity index (χ4n) is 3.16. The second-order valence-electron chi connectivity index (χ2n) is 6.96. The number of amides is 2. The third-order valence-corrected chi connectivity index (χ3v) is 4.89. The zero-order chi connectivity index (χ0) is 19.2. The quantitative estimate of drug-likeness (QED) is 0.862. The number of hydrogen-bond donors (Lipinski definition) is 1. The molecule has 3 rings (SSSR count). The van der Waals surface area contributed by atoms with Crippen molar-refractivity contribution in [3.8, 4) is 5.75 Å². The first-order valence-corrected chi connectivity index (χ1v) is 9.50. The Labute approximate surface area is 160 Å². The average molecular weight is 366 g/mol. The highest BCUT2D eigenvalue weighted by Gasteiger charge is 2.21. The van der Waals surface area contributed by atoms with Crippen molar-refractivity contribution in [1.82, 2.24) is 4.90 Å². The van der Waals surface area contributed by atoms with E-state index in [9.17, 15) is 9.59 Å². The lowest BCUT2D eigenvalue weighted by Gasteiger charge is -2.30. The van der Waals surface area contributed by atoms with E-state index < -0.39 is 0 Å². The van der Waals surface area contributed by atoms with Crippen LogP contribution in [0, 0.1) is 5.92 Å². The predicted molar refractivity (Wildman–Crippen MR) is 106 cm³/mol. The minimum Gasteiger partial charge on any atom is -0.494 e. The number of carbonyl (C=O) groups excluding carboxylic acids is 2. The molecule has 1 aliphatic heterocycles. The minimum atomic E-state index is -0.192. The first-order valence-electron chi connectivity index (χ1n) is 9.50. The molecule has 0 aromatic heterocycles. The Morgan fingerprint density at radius 2 is 1.59 bits per heavy atom. The molecule has 2 aromatic rings. The van der Waals surface area contributed by atoms with Crippen molar-refractivity contribution < 1.29 is 14.3 Å². The standard InChI is InChI=1S/C22H26N2O3/c1-3-27-20-10-6-17(7-11-20)21(25)23-19-8-4-18(5-9-19)22(26)24-14-12-16(2)13-15-24/h4-11,16H,3,12-15H2,1-2H3,(H,23,25). The predicted octanol–water partition coefficient (Wildman–Crippen LogP) is 4.21. The molecule has 1 fully saturated rings. The van der Waals surface area contributed by atoms with Crippen LogP contribution in [0.1, 0.15) is 47.4 Å². The lowest BCUT2D eigenvalue weighted by Crippen LogP contribution is -2.37. The molecule has 0 unspecified atom stereocenters. The third-order valence-electron chi connectivity index (χ3n) is 4.89. The summed E-state index contributed by atoms with van der Waals surface area (Å²) < 4.78 is 5.38. The SMILES string of the molecule is CCOc1ccc(C(=O)Nc2ccc(C(=O)N3CCC(C)CC3)cc2)cc1. The van der Waals surface area contributed by atoms with Crippen LogP contribution in [0.3, 0.4) is 0 Å². The molecule has 1 heterocycles. The number of rotatable bonds is 5. The van der Waals surface area contributed by atoms with Crippen LogP contribution in [0.15, 0.2) is 48.5 Å². The molecule has 0 aliphatic carbocycles. The fourth-order valence-corrected chi connectivity index (χ4v) is 3.16. The number of nitrogens with zero attached hydrogens (tertiary/aromatic N) is 1. The average Bonchev–Trinajstić information content (AvgIpc) is 2.69. The molecule has 0 radical (unpaired) electrons. The summed E-state index contributed by atoms with van der Waals surface area (Å²) in [6.45, 7) is 6.37. The topological polar surface area (TPSA) is 58.6 Å². The summed E-state index contributed by atoms with van der Waals surface area (Å²) in [7, 11) is 0. The number of piperidine rings is 1.